The van der Waals surface area contributed by atoms with Gasteiger partial charge in [-0.1, -0.05) is 30.3 Å². The molecule has 2 rings (SSSR count). The molecule has 15 heavy (non-hydrogen) atoms. The lowest BCUT2D eigenvalue weighted by Gasteiger charge is -2.06. The molecule has 0 bridgehead atoms. The summed E-state index contributed by atoms with van der Waals surface area (Å²) in [7, 11) is 0. The maximum Gasteiger partial charge on any atom is 0.233 e. The van der Waals surface area contributed by atoms with Gasteiger partial charge in [-0.15, -0.1) is 0 Å². The molecule has 5 nitrogen and oxygen atoms in total. The number of rotatable bonds is 0. The van der Waals surface area contributed by atoms with Crippen molar-refractivity contribution in [3.8, 4) is 0 Å². The van der Waals surface area contributed by atoms with Gasteiger partial charge in [-0.3, -0.25) is 14.5 Å². The summed E-state index contributed by atoms with van der Waals surface area (Å²) < 4.78 is 0. The number of Topliss-reactive ketones (excluding diaryl/α,β-unsaturated/α-hetero) is 1. The minimum Gasteiger partial charge on any atom is -0.373 e. The monoisotopic (exact) mass is 200 g/mol. The van der Waals surface area contributed by atoms with Crippen molar-refractivity contribution in [3.05, 3.63) is 57.4 Å². The molecule has 0 radical (unpaired) electrons. The summed E-state index contributed by atoms with van der Waals surface area (Å²) in [5, 5.41) is 0. The van der Waals surface area contributed by atoms with Crippen LogP contribution in [0.2, 0.25) is 0 Å². The van der Waals surface area contributed by atoms with Crippen molar-refractivity contribution in [1.82, 2.24) is 0 Å². The van der Waals surface area contributed by atoms with Gasteiger partial charge in [0.15, 0.2) is 0 Å². The molecule has 0 N–H and O–H groups in total. The smallest absolute Gasteiger partial charge is 0.233 e. The molecule has 1 aliphatic rings. The number of carbonyl (C=O) groups excluding carboxylic acids is 2. The van der Waals surface area contributed by atoms with Crippen molar-refractivity contribution in [2.75, 3.05) is 0 Å². The number of allylic oxidation sites excluding steroid dienone is 1. The standard InChI is InChI=1S/C10H6O2.N3/c11-9-6-5-7-3-1-2-4-8(7)10(9)12;1-3-2/h1-6H;/q;-1. The van der Waals surface area contributed by atoms with E-state index in [4.69, 9.17) is 11.1 Å². The lowest BCUT2D eigenvalue weighted by Crippen LogP contribution is -2.15. The Morgan fingerprint density at radius 1 is 1.00 bits per heavy atom. The number of carbonyl (C=O) groups is 2. The maximum absolute atomic E-state index is 11.2. The van der Waals surface area contributed by atoms with E-state index in [1.165, 1.54) is 11.0 Å². The van der Waals surface area contributed by atoms with E-state index in [1.54, 1.807) is 18.2 Å². The summed E-state index contributed by atoms with van der Waals surface area (Å²) in [5.74, 6) is -0.846. The van der Waals surface area contributed by atoms with E-state index >= 15 is 0 Å². The third kappa shape index (κ3) is 2.30. The number of benzene rings is 1. The van der Waals surface area contributed by atoms with Gasteiger partial charge in [0.05, 0.1) is 0 Å². The molecule has 0 heterocycles. The topological polar surface area (TPSA) is 92.8 Å². The van der Waals surface area contributed by atoms with E-state index in [0.717, 1.165) is 5.56 Å². The Labute approximate surface area is 85.4 Å². The predicted octanol–water partition coefficient (Wildman–Crippen LogP) is 2.33. The molecule has 0 aliphatic heterocycles. The summed E-state index contributed by atoms with van der Waals surface area (Å²) in [4.78, 5) is 23.6. The van der Waals surface area contributed by atoms with Crippen molar-refractivity contribution in [2.45, 2.75) is 0 Å². The fourth-order valence-corrected chi connectivity index (χ4v) is 1.22. The van der Waals surface area contributed by atoms with Gasteiger partial charge >= 0.3 is 0 Å². The second-order valence-electron chi connectivity index (χ2n) is 2.70. The third-order valence-electron chi connectivity index (χ3n) is 1.84. The minimum atomic E-state index is -0.436. The Bertz CT molecular complexity index is 471. The first-order chi connectivity index (χ1) is 7.20. The number of ketones is 2. The van der Waals surface area contributed by atoms with Crippen molar-refractivity contribution in [1.29, 1.82) is 0 Å². The molecule has 0 saturated heterocycles. The predicted molar refractivity (Wildman–Crippen MR) is 54.9 cm³/mol. The van der Waals surface area contributed by atoms with Crippen LogP contribution in [0.5, 0.6) is 0 Å². The Morgan fingerprint density at radius 2 is 1.60 bits per heavy atom. The fraction of sp³-hybridized carbons (Fsp3) is 0. The van der Waals surface area contributed by atoms with Gasteiger partial charge in [0.1, 0.15) is 0 Å². The Morgan fingerprint density at radius 3 is 2.27 bits per heavy atom. The summed E-state index contributed by atoms with van der Waals surface area (Å²) in [5.41, 5.74) is 14.8. The lowest BCUT2D eigenvalue weighted by atomic mass is 9.96. The van der Waals surface area contributed by atoms with E-state index in [-0.39, 0.29) is 0 Å². The molecule has 0 amide bonds. The largest absolute Gasteiger partial charge is 0.373 e. The van der Waals surface area contributed by atoms with E-state index in [9.17, 15) is 9.59 Å². The molecule has 74 valence electrons. The van der Waals surface area contributed by atoms with Crippen LogP contribution in [0.1, 0.15) is 15.9 Å². The molecule has 0 aromatic heterocycles. The normalized spacial score (nSPS) is 12.3. The van der Waals surface area contributed by atoms with E-state index in [0.29, 0.717) is 5.56 Å². The molecule has 1 aliphatic carbocycles. The van der Waals surface area contributed by atoms with Gasteiger partial charge < -0.3 is 11.1 Å². The highest BCUT2D eigenvalue weighted by molar-refractivity contribution is 6.49. The van der Waals surface area contributed by atoms with Crippen molar-refractivity contribution >= 4 is 17.6 Å². The molecule has 0 atom stereocenters. The molecule has 1 aromatic carbocycles. The van der Waals surface area contributed by atoms with E-state index in [2.05, 4.69) is 0 Å². The van der Waals surface area contributed by atoms with Crippen molar-refractivity contribution in [2.24, 2.45) is 0 Å². The summed E-state index contributed by atoms with van der Waals surface area (Å²) in [6.45, 7) is 0. The zero-order valence-electron chi connectivity index (χ0n) is 7.62. The molecular weight excluding hydrogens is 194 g/mol. The second-order valence-corrected chi connectivity index (χ2v) is 2.70. The van der Waals surface area contributed by atoms with Crippen LogP contribution in [0.15, 0.2) is 30.3 Å². The summed E-state index contributed by atoms with van der Waals surface area (Å²) in [6, 6.07) is 7.07. The Hall–Kier alpha value is -2.39. The minimum absolute atomic E-state index is 0.409. The van der Waals surface area contributed by atoms with Crippen LogP contribution >= 0.6 is 0 Å². The van der Waals surface area contributed by atoms with Crippen LogP contribution in [0.3, 0.4) is 0 Å². The van der Waals surface area contributed by atoms with Gasteiger partial charge in [-0.25, -0.2) is 0 Å². The second kappa shape index (κ2) is 4.74. The molecule has 1 aromatic rings. The zero-order valence-corrected chi connectivity index (χ0v) is 7.62. The van der Waals surface area contributed by atoms with Gasteiger partial charge in [-0.2, -0.15) is 0 Å². The van der Waals surface area contributed by atoms with Crippen LogP contribution in [0.25, 0.3) is 22.0 Å². The number of nitrogens with zero attached hydrogens (tertiary/aromatic N) is 3. The molecule has 0 unspecified atom stereocenters. The van der Waals surface area contributed by atoms with Crippen LogP contribution in [0, 0.1) is 0 Å². The van der Waals surface area contributed by atoms with Crippen LogP contribution in [-0.2, 0) is 4.79 Å². The Balaban J connectivity index is 0.000000337. The van der Waals surface area contributed by atoms with Gasteiger partial charge in [0, 0.05) is 5.56 Å². The van der Waals surface area contributed by atoms with Gasteiger partial charge in [0.2, 0.25) is 11.6 Å². The van der Waals surface area contributed by atoms with E-state index in [1.807, 2.05) is 12.1 Å². The molecule has 0 spiro atoms. The molecule has 0 saturated carbocycles. The number of hydrogen-bond donors (Lipinski definition) is 0. The van der Waals surface area contributed by atoms with E-state index < -0.39 is 11.6 Å². The average molecular weight is 200 g/mol. The maximum atomic E-state index is 11.2. The highest BCUT2D eigenvalue weighted by atomic mass is 16.2. The average Bonchev–Trinajstić information content (AvgIpc) is 2.25. The van der Waals surface area contributed by atoms with Gasteiger partial charge in [-0.05, 0) is 11.6 Å². The fourth-order valence-electron chi connectivity index (χ4n) is 1.22. The first kappa shape index (κ1) is 10.7. The van der Waals surface area contributed by atoms with Crippen LogP contribution < -0.4 is 0 Å². The highest BCUT2D eigenvalue weighted by Crippen LogP contribution is 2.16. The first-order valence-corrected chi connectivity index (χ1v) is 4.05. The van der Waals surface area contributed by atoms with Gasteiger partial charge in [0.25, 0.3) is 0 Å². The molecular formula is C10H6N3O2-. The molecule has 5 heteroatoms. The third-order valence-corrected chi connectivity index (χ3v) is 1.84. The van der Waals surface area contributed by atoms with Crippen molar-refractivity contribution in [3.63, 3.8) is 0 Å². The van der Waals surface area contributed by atoms with Crippen LogP contribution in [0.4, 0.5) is 0 Å². The SMILES string of the molecule is O=C1C=Cc2ccccc2C1=O.[N-]=[N+]=[N-]. The number of fused-ring (bicyclic) bond motifs is 1. The Kier molecular flexibility index (Phi) is 3.38. The zero-order chi connectivity index (χ0) is 11.3. The first-order valence-electron chi connectivity index (χ1n) is 4.05. The quantitative estimate of drug-likeness (QED) is 0.278. The summed E-state index contributed by atoms with van der Waals surface area (Å²) in [6.07, 6.45) is 2.98. The lowest BCUT2D eigenvalue weighted by molar-refractivity contribution is -0.110. The summed E-state index contributed by atoms with van der Waals surface area (Å²) >= 11 is 0. The number of hydrogen-bond acceptors (Lipinski definition) is 2. The highest BCUT2D eigenvalue weighted by Gasteiger charge is 2.19. The van der Waals surface area contributed by atoms with Crippen LogP contribution in [-0.4, -0.2) is 11.6 Å². The van der Waals surface area contributed by atoms with Crippen molar-refractivity contribution < 1.29 is 9.59 Å². The molecule has 0 fully saturated rings.